The average molecular weight is 412 g/mol. The van der Waals surface area contributed by atoms with Crippen LogP contribution < -0.4 is 19.6 Å². The fourth-order valence-corrected chi connectivity index (χ4v) is 3.19. The normalized spacial score (nSPS) is 12.8. The van der Waals surface area contributed by atoms with E-state index in [-0.39, 0.29) is 41.6 Å². The molecule has 1 atom stereocenters. The number of carbonyl (C=O) groups is 1. The molecule has 1 unspecified atom stereocenters. The Morgan fingerprint density at radius 3 is 2.39 bits per heavy atom. The molecule has 7 nitrogen and oxygen atoms in total. The highest BCUT2D eigenvalue weighted by atomic mass is 28.3. The third-order valence-corrected chi connectivity index (χ3v) is 5.91. The first kappa shape index (κ1) is 24.0. The van der Waals surface area contributed by atoms with Gasteiger partial charge in [0.25, 0.3) is 0 Å². The maximum atomic E-state index is 12.9. The summed E-state index contributed by atoms with van der Waals surface area (Å²) in [4.78, 5) is 28.6. The van der Waals surface area contributed by atoms with Crippen molar-refractivity contribution >= 4 is 13.9 Å². The van der Waals surface area contributed by atoms with Gasteiger partial charge < -0.3 is 18.9 Å². The van der Waals surface area contributed by atoms with Gasteiger partial charge in [-0.2, -0.15) is 0 Å². The largest absolute Gasteiger partial charge is 0.488 e. The minimum absolute atomic E-state index is 0.0352. The zero-order chi connectivity index (χ0) is 21.3. The molecule has 0 amide bonds. The van der Waals surface area contributed by atoms with E-state index in [4.69, 9.17) is 18.9 Å². The van der Waals surface area contributed by atoms with E-state index in [2.05, 4.69) is 24.6 Å². The Hall–Kier alpha value is -2.06. The molecule has 0 fully saturated rings. The zero-order valence-electron chi connectivity index (χ0n) is 18.0. The fraction of sp³-hybridized carbons (Fsp3) is 0.600. The Kier molecular flexibility index (Phi) is 9.47. The lowest BCUT2D eigenvalue weighted by Crippen LogP contribution is -2.25. The third kappa shape index (κ3) is 6.83. The van der Waals surface area contributed by atoms with Crippen molar-refractivity contribution in [2.24, 2.45) is 5.92 Å². The molecule has 0 aliphatic carbocycles. The van der Waals surface area contributed by atoms with Crippen LogP contribution in [0.15, 0.2) is 16.9 Å². The van der Waals surface area contributed by atoms with Gasteiger partial charge in [0.05, 0.1) is 14.2 Å². The number of methoxy groups -OCH3 is 2. The van der Waals surface area contributed by atoms with Gasteiger partial charge in [0.2, 0.25) is 22.9 Å². The Bertz CT molecular complexity index is 735. The van der Waals surface area contributed by atoms with Crippen molar-refractivity contribution in [2.45, 2.75) is 46.0 Å². The lowest BCUT2D eigenvalue weighted by molar-refractivity contribution is 0.0182. The molecule has 0 saturated heterocycles. The number of aromatic nitrogens is 1. The highest BCUT2D eigenvalue weighted by Gasteiger charge is 2.27. The van der Waals surface area contributed by atoms with Crippen LogP contribution in [0.3, 0.4) is 0 Å². The van der Waals surface area contributed by atoms with E-state index in [0.717, 1.165) is 6.04 Å². The molecule has 0 spiro atoms. The predicted molar refractivity (Wildman–Crippen MR) is 113 cm³/mol. The fourth-order valence-electron chi connectivity index (χ4n) is 2.43. The first-order valence-electron chi connectivity index (χ1n) is 9.40. The van der Waals surface area contributed by atoms with Crippen molar-refractivity contribution in [1.82, 2.24) is 4.98 Å². The standard InChI is InChI=1S/C20H33NO6Si/c1-8-9-10-14(2)16(22)15-17(23)18(24-3)20(25-4)21-19(15)27-13-26-11-12-28(5,6)7/h8-9,14H,10-13H2,1-7H3,(H,21,23)/b9-8+. The minimum atomic E-state index is -1.21. The number of nitrogens with one attached hydrogen (secondary N) is 1. The van der Waals surface area contributed by atoms with Crippen molar-refractivity contribution in [3.05, 3.63) is 27.9 Å². The van der Waals surface area contributed by atoms with Crippen LogP contribution in [0.5, 0.6) is 17.5 Å². The molecular weight excluding hydrogens is 378 g/mol. The van der Waals surface area contributed by atoms with Gasteiger partial charge in [-0.15, -0.1) is 0 Å². The molecule has 28 heavy (non-hydrogen) atoms. The molecule has 0 aliphatic heterocycles. The summed E-state index contributed by atoms with van der Waals surface area (Å²) in [5.41, 5.74) is -0.643. The highest BCUT2D eigenvalue weighted by molar-refractivity contribution is 6.76. The lowest BCUT2D eigenvalue weighted by atomic mass is 9.96. The number of aromatic amines is 1. The van der Waals surface area contributed by atoms with Gasteiger partial charge in [0.1, 0.15) is 5.56 Å². The summed E-state index contributed by atoms with van der Waals surface area (Å²) in [6, 6.07) is 0.991. The molecule has 0 radical (unpaired) electrons. The van der Waals surface area contributed by atoms with Crippen LogP contribution >= 0.6 is 0 Å². The summed E-state index contributed by atoms with van der Waals surface area (Å²) in [5, 5.41) is 0. The van der Waals surface area contributed by atoms with Crippen molar-refractivity contribution in [3.8, 4) is 17.5 Å². The predicted octanol–water partition coefficient (Wildman–Crippen LogP) is 3.87. The molecule has 8 heteroatoms. The van der Waals surface area contributed by atoms with Crippen molar-refractivity contribution in [2.75, 3.05) is 27.6 Å². The molecule has 0 bridgehead atoms. The van der Waals surface area contributed by atoms with Gasteiger partial charge in [-0.3, -0.25) is 14.6 Å². The maximum absolute atomic E-state index is 12.9. The first-order valence-corrected chi connectivity index (χ1v) is 13.1. The highest BCUT2D eigenvalue weighted by Crippen LogP contribution is 2.28. The number of pyridine rings is 1. The number of H-pyrrole nitrogens is 1. The van der Waals surface area contributed by atoms with E-state index in [1.165, 1.54) is 14.2 Å². The molecule has 1 aromatic heterocycles. The van der Waals surface area contributed by atoms with E-state index >= 15 is 0 Å². The van der Waals surface area contributed by atoms with Crippen LogP contribution in [0.1, 0.15) is 30.6 Å². The minimum Gasteiger partial charge on any atom is -0.488 e. The van der Waals surface area contributed by atoms with Crippen LogP contribution in [-0.4, -0.2) is 46.5 Å². The van der Waals surface area contributed by atoms with Crippen molar-refractivity contribution in [1.29, 1.82) is 0 Å². The number of carbonyl (C=O) groups excluding carboxylic acids is 1. The topological polar surface area (TPSA) is 86.8 Å². The molecule has 0 aliphatic rings. The van der Waals surface area contributed by atoms with Gasteiger partial charge >= 0.3 is 0 Å². The first-order chi connectivity index (χ1) is 13.2. The third-order valence-electron chi connectivity index (χ3n) is 4.20. The maximum Gasteiger partial charge on any atom is 0.242 e. The molecule has 0 saturated carbocycles. The Morgan fingerprint density at radius 1 is 1.18 bits per heavy atom. The smallest absolute Gasteiger partial charge is 0.242 e. The monoisotopic (exact) mass is 411 g/mol. The summed E-state index contributed by atoms with van der Waals surface area (Å²) < 4.78 is 21.5. The van der Waals surface area contributed by atoms with Gasteiger partial charge in [0, 0.05) is 20.6 Å². The van der Waals surface area contributed by atoms with E-state index in [0.29, 0.717) is 13.0 Å². The number of ether oxygens (including phenoxy) is 4. The van der Waals surface area contributed by atoms with Crippen molar-refractivity contribution < 1.29 is 23.7 Å². The summed E-state index contributed by atoms with van der Waals surface area (Å²) in [7, 11) is 1.54. The number of hydrogen-bond acceptors (Lipinski definition) is 6. The number of ketones is 1. The quantitative estimate of drug-likeness (QED) is 0.185. The number of rotatable bonds is 12. The molecule has 1 N–H and O–H groups in total. The zero-order valence-corrected chi connectivity index (χ0v) is 19.0. The summed E-state index contributed by atoms with van der Waals surface area (Å²) in [5.74, 6) is -0.630. The number of allylic oxidation sites excluding steroid dienone is 2. The van der Waals surface area contributed by atoms with Gasteiger partial charge in [-0.1, -0.05) is 38.7 Å². The van der Waals surface area contributed by atoms with Gasteiger partial charge in [0.15, 0.2) is 12.6 Å². The number of hydrogen-bond donors (Lipinski definition) is 1. The Morgan fingerprint density at radius 2 is 1.86 bits per heavy atom. The van der Waals surface area contributed by atoms with Crippen molar-refractivity contribution in [3.63, 3.8) is 0 Å². The van der Waals surface area contributed by atoms with E-state index in [1.807, 2.05) is 19.1 Å². The lowest BCUT2D eigenvalue weighted by Gasteiger charge is -2.17. The SMILES string of the molecule is C/C=C/CC(C)C(=O)c1c(OCOCC[Si](C)(C)C)[nH]c(OC)c(OC)c1=O. The van der Waals surface area contributed by atoms with Crippen LogP contribution in [0, 0.1) is 5.92 Å². The molecule has 1 rings (SSSR count). The summed E-state index contributed by atoms with van der Waals surface area (Å²) in [6.07, 6.45) is 4.28. The van der Waals surface area contributed by atoms with E-state index in [1.54, 1.807) is 6.92 Å². The second-order valence-corrected chi connectivity index (χ2v) is 13.4. The van der Waals surface area contributed by atoms with Crippen LogP contribution in [0.2, 0.25) is 25.7 Å². The molecule has 0 aromatic carbocycles. The molecule has 158 valence electrons. The van der Waals surface area contributed by atoms with Gasteiger partial charge in [-0.05, 0) is 19.4 Å². The Labute approximate surface area is 168 Å². The average Bonchev–Trinajstić information content (AvgIpc) is 2.63. The van der Waals surface area contributed by atoms with E-state index in [9.17, 15) is 9.59 Å². The summed E-state index contributed by atoms with van der Waals surface area (Å²) >= 11 is 0. The second-order valence-electron chi connectivity index (χ2n) is 7.78. The second kappa shape index (κ2) is 11.1. The molecule has 1 heterocycles. The van der Waals surface area contributed by atoms with E-state index < -0.39 is 13.5 Å². The van der Waals surface area contributed by atoms with Crippen LogP contribution in [0.4, 0.5) is 0 Å². The van der Waals surface area contributed by atoms with Crippen LogP contribution in [0.25, 0.3) is 0 Å². The van der Waals surface area contributed by atoms with Gasteiger partial charge in [-0.25, -0.2) is 0 Å². The Balaban J connectivity index is 3.13. The number of Topliss-reactive ketones (excluding diaryl/α,β-unsaturated/α-hetero) is 1. The molecule has 1 aromatic rings. The molecular formula is C20H33NO6Si. The summed E-state index contributed by atoms with van der Waals surface area (Å²) in [6.45, 7) is 10.9. The van der Waals surface area contributed by atoms with Crippen LogP contribution in [-0.2, 0) is 4.74 Å².